The van der Waals surface area contributed by atoms with Crippen LogP contribution in [0.15, 0.2) is 24.3 Å². The lowest BCUT2D eigenvalue weighted by atomic mass is 10.00. The van der Waals surface area contributed by atoms with Crippen LogP contribution in [-0.2, 0) is 0 Å². The maximum absolute atomic E-state index is 5.46. The van der Waals surface area contributed by atoms with Crippen LogP contribution in [0.4, 0.5) is 17.3 Å². The van der Waals surface area contributed by atoms with E-state index in [2.05, 4.69) is 22.1 Å². The molecule has 3 rings (SSSR count). The number of benzene rings is 1. The first kappa shape index (κ1) is 18.3. The van der Waals surface area contributed by atoms with Crippen LogP contribution in [0.25, 0.3) is 0 Å². The van der Waals surface area contributed by atoms with E-state index in [1.54, 1.807) is 14.2 Å². The van der Waals surface area contributed by atoms with Crippen LogP contribution in [0.2, 0.25) is 0 Å². The Morgan fingerprint density at radius 3 is 2.73 bits per heavy atom. The summed E-state index contributed by atoms with van der Waals surface area (Å²) in [5.74, 6) is 4.02. The van der Waals surface area contributed by atoms with Gasteiger partial charge in [0.1, 0.15) is 29.0 Å². The lowest BCUT2D eigenvalue weighted by Gasteiger charge is -2.36. The standard InChI is InChI=1S/C20H28N4O2/c1-5-15-8-6-7-11-24(15)20-13-19(21-14(2)22-20)23-17-12-16(25-3)9-10-18(17)26-4/h9-10,12-13,15H,5-8,11H2,1-4H3,(H,21,22,23). The third kappa shape index (κ3) is 4.00. The van der Waals surface area contributed by atoms with Crippen molar-refractivity contribution in [3.63, 3.8) is 0 Å². The van der Waals surface area contributed by atoms with Crippen LogP contribution in [0, 0.1) is 6.92 Å². The second kappa shape index (κ2) is 8.25. The molecule has 2 heterocycles. The molecule has 6 nitrogen and oxygen atoms in total. The Morgan fingerprint density at radius 2 is 2.00 bits per heavy atom. The number of hydrogen-bond donors (Lipinski definition) is 1. The number of piperidine rings is 1. The Labute approximate surface area is 155 Å². The Hall–Kier alpha value is -2.50. The molecule has 1 aromatic heterocycles. The molecule has 1 aliphatic rings. The summed E-state index contributed by atoms with van der Waals surface area (Å²) in [7, 11) is 3.31. The second-order valence-corrected chi connectivity index (χ2v) is 6.60. The summed E-state index contributed by atoms with van der Waals surface area (Å²) in [6.45, 7) is 5.23. The Balaban J connectivity index is 1.91. The van der Waals surface area contributed by atoms with Gasteiger partial charge < -0.3 is 19.7 Å². The first-order chi connectivity index (χ1) is 12.6. The van der Waals surface area contributed by atoms with Crippen molar-refractivity contribution in [2.45, 2.75) is 45.6 Å². The van der Waals surface area contributed by atoms with E-state index in [1.165, 1.54) is 19.3 Å². The first-order valence-corrected chi connectivity index (χ1v) is 9.26. The van der Waals surface area contributed by atoms with Gasteiger partial charge in [-0.15, -0.1) is 0 Å². The van der Waals surface area contributed by atoms with Crippen LogP contribution in [0.1, 0.15) is 38.4 Å². The van der Waals surface area contributed by atoms with E-state index in [0.717, 1.165) is 47.6 Å². The molecule has 1 N–H and O–H groups in total. The van der Waals surface area contributed by atoms with Crippen LogP contribution in [-0.4, -0.2) is 36.8 Å². The van der Waals surface area contributed by atoms with E-state index in [4.69, 9.17) is 14.5 Å². The van der Waals surface area contributed by atoms with E-state index >= 15 is 0 Å². The minimum absolute atomic E-state index is 0.553. The van der Waals surface area contributed by atoms with Crippen molar-refractivity contribution in [3.05, 3.63) is 30.1 Å². The van der Waals surface area contributed by atoms with Crippen molar-refractivity contribution in [3.8, 4) is 11.5 Å². The van der Waals surface area contributed by atoms with Gasteiger partial charge in [0, 0.05) is 24.7 Å². The van der Waals surface area contributed by atoms with Gasteiger partial charge in [-0.3, -0.25) is 0 Å². The SMILES string of the molecule is CCC1CCCCN1c1cc(Nc2cc(OC)ccc2OC)nc(C)n1. The molecule has 1 aromatic carbocycles. The molecule has 1 aliphatic heterocycles. The van der Waals surface area contributed by atoms with Crippen molar-refractivity contribution < 1.29 is 9.47 Å². The first-order valence-electron chi connectivity index (χ1n) is 9.26. The highest BCUT2D eigenvalue weighted by molar-refractivity contribution is 5.67. The predicted molar refractivity (Wildman–Crippen MR) is 105 cm³/mol. The normalized spacial score (nSPS) is 17.1. The van der Waals surface area contributed by atoms with E-state index in [-0.39, 0.29) is 0 Å². The highest BCUT2D eigenvalue weighted by atomic mass is 16.5. The molecule has 1 fully saturated rings. The number of methoxy groups -OCH3 is 2. The number of rotatable bonds is 6. The second-order valence-electron chi connectivity index (χ2n) is 6.60. The highest BCUT2D eigenvalue weighted by Gasteiger charge is 2.23. The average Bonchev–Trinajstić information content (AvgIpc) is 2.67. The number of aryl methyl sites for hydroxylation is 1. The molecule has 0 aliphatic carbocycles. The lowest BCUT2D eigenvalue weighted by Crippen LogP contribution is -2.39. The zero-order chi connectivity index (χ0) is 18.5. The molecule has 1 saturated heterocycles. The van der Waals surface area contributed by atoms with Crippen molar-refractivity contribution in [1.29, 1.82) is 0 Å². The monoisotopic (exact) mass is 356 g/mol. The van der Waals surface area contributed by atoms with Crippen LogP contribution in [0.5, 0.6) is 11.5 Å². The molecule has 0 bridgehead atoms. The Morgan fingerprint density at radius 1 is 1.15 bits per heavy atom. The van der Waals surface area contributed by atoms with Crippen molar-refractivity contribution >= 4 is 17.3 Å². The summed E-state index contributed by atoms with van der Waals surface area (Å²) < 4.78 is 10.8. The van der Waals surface area contributed by atoms with Crippen LogP contribution < -0.4 is 19.7 Å². The largest absolute Gasteiger partial charge is 0.497 e. The minimum atomic E-state index is 0.553. The molecule has 1 unspecified atom stereocenters. The Kier molecular flexibility index (Phi) is 5.81. The molecule has 0 saturated carbocycles. The van der Waals surface area contributed by atoms with Gasteiger partial charge in [0.2, 0.25) is 0 Å². The van der Waals surface area contributed by atoms with E-state index in [0.29, 0.717) is 6.04 Å². The molecule has 0 amide bonds. The van der Waals surface area contributed by atoms with Crippen LogP contribution >= 0.6 is 0 Å². The summed E-state index contributed by atoms with van der Waals surface area (Å²) in [5, 5.41) is 3.37. The smallest absolute Gasteiger partial charge is 0.142 e. The fourth-order valence-electron chi connectivity index (χ4n) is 3.54. The molecule has 2 aromatic rings. The number of hydrogen-bond acceptors (Lipinski definition) is 6. The zero-order valence-electron chi connectivity index (χ0n) is 16.1. The summed E-state index contributed by atoms with van der Waals surface area (Å²) in [4.78, 5) is 11.7. The number of ether oxygens (including phenoxy) is 2. The fraction of sp³-hybridized carbons (Fsp3) is 0.500. The lowest BCUT2D eigenvalue weighted by molar-refractivity contribution is 0.405. The Bertz CT molecular complexity index is 751. The minimum Gasteiger partial charge on any atom is -0.497 e. The molecule has 6 heteroatoms. The quantitative estimate of drug-likeness (QED) is 0.832. The van der Waals surface area contributed by atoms with Crippen molar-refractivity contribution in [1.82, 2.24) is 9.97 Å². The molecule has 140 valence electrons. The summed E-state index contributed by atoms with van der Waals surface area (Å²) in [5.41, 5.74) is 0.821. The van der Waals surface area contributed by atoms with E-state index in [9.17, 15) is 0 Å². The highest BCUT2D eigenvalue weighted by Crippen LogP contribution is 2.32. The maximum Gasteiger partial charge on any atom is 0.142 e. The van der Waals surface area contributed by atoms with Gasteiger partial charge in [-0.05, 0) is 44.7 Å². The fourth-order valence-corrected chi connectivity index (χ4v) is 3.54. The molecule has 0 spiro atoms. The van der Waals surface area contributed by atoms with Gasteiger partial charge in [0.15, 0.2) is 0 Å². The molecule has 26 heavy (non-hydrogen) atoms. The van der Waals surface area contributed by atoms with Crippen molar-refractivity contribution in [2.75, 3.05) is 31.0 Å². The van der Waals surface area contributed by atoms with Crippen LogP contribution in [0.3, 0.4) is 0 Å². The van der Waals surface area contributed by atoms with E-state index < -0.39 is 0 Å². The number of anilines is 3. The summed E-state index contributed by atoms with van der Waals surface area (Å²) >= 11 is 0. The van der Waals surface area contributed by atoms with Gasteiger partial charge in [0.25, 0.3) is 0 Å². The maximum atomic E-state index is 5.46. The summed E-state index contributed by atoms with van der Waals surface area (Å²) in [6.07, 6.45) is 4.87. The zero-order valence-corrected chi connectivity index (χ0v) is 16.1. The molecule has 0 radical (unpaired) electrons. The molecular weight excluding hydrogens is 328 g/mol. The topological polar surface area (TPSA) is 59.5 Å². The number of nitrogens with one attached hydrogen (secondary N) is 1. The van der Waals surface area contributed by atoms with Gasteiger partial charge in [-0.1, -0.05) is 6.92 Å². The summed E-state index contributed by atoms with van der Waals surface area (Å²) in [6, 6.07) is 8.25. The third-order valence-electron chi connectivity index (χ3n) is 4.89. The number of nitrogens with zero attached hydrogens (tertiary/aromatic N) is 3. The van der Waals surface area contributed by atoms with E-state index in [1.807, 2.05) is 31.2 Å². The molecule has 1 atom stereocenters. The third-order valence-corrected chi connectivity index (χ3v) is 4.89. The van der Waals surface area contributed by atoms with Crippen molar-refractivity contribution in [2.24, 2.45) is 0 Å². The number of aromatic nitrogens is 2. The molecular formula is C20H28N4O2. The van der Waals surface area contributed by atoms with Gasteiger partial charge in [0.05, 0.1) is 19.9 Å². The van der Waals surface area contributed by atoms with Gasteiger partial charge in [-0.25, -0.2) is 9.97 Å². The van der Waals surface area contributed by atoms with Gasteiger partial charge in [-0.2, -0.15) is 0 Å². The predicted octanol–water partition coefficient (Wildman–Crippen LogP) is 4.31. The van der Waals surface area contributed by atoms with Gasteiger partial charge >= 0.3 is 0 Å². The average molecular weight is 356 g/mol.